The predicted octanol–water partition coefficient (Wildman–Crippen LogP) is 3.18. The maximum atomic E-state index is 11.1. The van der Waals surface area contributed by atoms with Crippen molar-refractivity contribution >= 4 is 17.6 Å². The number of carboxylic acids is 1. The zero-order chi connectivity index (χ0) is 13.1. The minimum atomic E-state index is -0.961. The van der Waals surface area contributed by atoms with E-state index in [1.165, 1.54) is 6.20 Å². The zero-order valence-electron chi connectivity index (χ0n) is 9.93. The molecule has 0 saturated heterocycles. The number of carboxylic acid groups (broad SMARTS) is 1. The molecule has 94 valence electrons. The normalized spacial score (nSPS) is 10.6. The summed E-state index contributed by atoms with van der Waals surface area (Å²) in [6.07, 6.45) is 2.86. The third-order valence-electron chi connectivity index (χ3n) is 2.67. The maximum absolute atomic E-state index is 11.1. The Bertz CT molecular complexity index is 578. The van der Waals surface area contributed by atoms with Gasteiger partial charge in [0.15, 0.2) is 0 Å². The first-order chi connectivity index (χ1) is 8.65. The van der Waals surface area contributed by atoms with Crippen LogP contribution in [0.2, 0.25) is 5.02 Å². The van der Waals surface area contributed by atoms with E-state index >= 15 is 0 Å². The fraction of sp³-hybridized carbons (Fsp3) is 0.231. The van der Waals surface area contributed by atoms with Gasteiger partial charge in [0.2, 0.25) is 0 Å². The summed E-state index contributed by atoms with van der Waals surface area (Å²) in [7, 11) is 0. The monoisotopic (exact) mass is 264 g/mol. The second kappa shape index (κ2) is 5.23. The first-order valence-electron chi connectivity index (χ1n) is 5.70. The summed E-state index contributed by atoms with van der Waals surface area (Å²) >= 11 is 6.11. The summed E-state index contributed by atoms with van der Waals surface area (Å²) in [6.45, 7) is 2.00. The van der Waals surface area contributed by atoms with Gasteiger partial charge < -0.3 is 5.11 Å². The molecule has 1 aromatic heterocycles. The summed E-state index contributed by atoms with van der Waals surface area (Å²) in [5.41, 5.74) is 1.62. The standard InChI is InChI=1S/C13H13ClN2O2/c1-2-5-11-9(13(17)18)8-15-16(11)12-7-4-3-6-10(12)14/h3-4,6-8H,2,5H2,1H3,(H,17,18). The van der Waals surface area contributed by atoms with Crippen LogP contribution in [0.1, 0.15) is 29.4 Å². The summed E-state index contributed by atoms with van der Waals surface area (Å²) in [4.78, 5) is 11.1. The van der Waals surface area contributed by atoms with Gasteiger partial charge in [-0.05, 0) is 18.6 Å². The number of nitrogens with zero attached hydrogens (tertiary/aromatic N) is 2. The topological polar surface area (TPSA) is 55.1 Å². The molecule has 5 heteroatoms. The number of rotatable bonds is 4. The van der Waals surface area contributed by atoms with Crippen molar-refractivity contribution in [2.45, 2.75) is 19.8 Å². The van der Waals surface area contributed by atoms with Gasteiger partial charge >= 0.3 is 5.97 Å². The number of hydrogen-bond donors (Lipinski definition) is 1. The van der Waals surface area contributed by atoms with Gasteiger partial charge in [-0.3, -0.25) is 0 Å². The van der Waals surface area contributed by atoms with E-state index in [2.05, 4.69) is 5.10 Å². The smallest absolute Gasteiger partial charge is 0.339 e. The van der Waals surface area contributed by atoms with Crippen LogP contribution in [0.25, 0.3) is 5.69 Å². The first-order valence-corrected chi connectivity index (χ1v) is 6.08. The third kappa shape index (κ3) is 2.24. The lowest BCUT2D eigenvalue weighted by atomic mass is 10.1. The Morgan fingerprint density at radius 2 is 2.17 bits per heavy atom. The van der Waals surface area contributed by atoms with Gasteiger partial charge in [0.05, 0.1) is 22.6 Å². The second-order valence-electron chi connectivity index (χ2n) is 3.92. The number of benzene rings is 1. The van der Waals surface area contributed by atoms with Crippen molar-refractivity contribution < 1.29 is 9.90 Å². The number of para-hydroxylation sites is 1. The second-order valence-corrected chi connectivity index (χ2v) is 4.33. The van der Waals surface area contributed by atoms with E-state index in [0.29, 0.717) is 22.8 Å². The number of hydrogen-bond acceptors (Lipinski definition) is 2. The molecule has 0 fully saturated rings. The van der Waals surface area contributed by atoms with E-state index in [1.54, 1.807) is 10.7 Å². The van der Waals surface area contributed by atoms with Crippen LogP contribution in [-0.2, 0) is 6.42 Å². The van der Waals surface area contributed by atoms with Crippen LogP contribution in [0, 0.1) is 0 Å². The lowest BCUT2D eigenvalue weighted by Crippen LogP contribution is -2.06. The molecule has 2 rings (SSSR count). The highest BCUT2D eigenvalue weighted by Gasteiger charge is 2.17. The molecular weight excluding hydrogens is 252 g/mol. The highest BCUT2D eigenvalue weighted by Crippen LogP contribution is 2.23. The van der Waals surface area contributed by atoms with Crippen molar-refractivity contribution in [3.63, 3.8) is 0 Å². The Morgan fingerprint density at radius 1 is 1.44 bits per heavy atom. The molecule has 0 aliphatic heterocycles. The van der Waals surface area contributed by atoms with Gasteiger partial charge in [-0.25, -0.2) is 9.48 Å². The van der Waals surface area contributed by atoms with Crippen LogP contribution < -0.4 is 0 Å². The molecule has 0 bridgehead atoms. The molecule has 0 radical (unpaired) electrons. The third-order valence-corrected chi connectivity index (χ3v) is 2.99. The molecule has 4 nitrogen and oxygen atoms in total. The van der Waals surface area contributed by atoms with Gasteiger partial charge in [0.1, 0.15) is 5.56 Å². The Balaban J connectivity index is 2.58. The first kappa shape index (κ1) is 12.6. The summed E-state index contributed by atoms with van der Waals surface area (Å²) in [6, 6.07) is 7.25. The lowest BCUT2D eigenvalue weighted by Gasteiger charge is -2.09. The van der Waals surface area contributed by atoms with Crippen LogP contribution in [0.5, 0.6) is 0 Å². The molecule has 1 aromatic carbocycles. The quantitative estimate of drug-likeness (QED) is 0.923. The minimum absolute atomic E-state index is 0.233. The van der Waals surface area contributed by atoms with E-state index in [9.17, 15) is 4.79 Å². The van der Waals surface area contributed by atoms with E-state index in [1.807, 2.05) is 25.1 Å². The SMILES string of the molecule is CCCc1c(C(=O)O)cnn1-c1ccccc1Cl. The van der Waals surface area contributed by atoms with Crippen molar-refractivity contribution in [3.05, 3.63) is 46.7 Å². The molecule has 0 atom stereocenters. The van der Waals surface area contributed by atoms with Crippen molar-refractivity contribution in [1.29, 1.82) is 0 Å². The fourth-order valence-electron chi connectivity index (χ4n) is 1.86. The van der Waals surface area contributed by atoms with Crippen molar-refractivity contribution in [3.8, 4) is 5.69 Å². The number of aromatic carboxylic acids is 1. The summed E-state index contributed by atoms with van der Waals surface area (Å²) in [5, 5.41) is 13.8. The Labute approximate surface area is 110 Å². The molecular formula is C13H13ClN2O2. The van der Waals surface area contributed by atoms with E-state index in [-0.39, 0.29) is 5.56 Å². The molecule has 0 aliphatic rings. The average Bonchev–Trinajstić information content (AvgIpc) is 2.74. The number of halogens is 1. The van der Waals surface area contributed by atoms with Gasteiger partial charge in [0.25, 0.3) is 0 Å². The van der Waals surface area contributed by atoms with Crippen molar-refractivity contribution in [1.82, 2.24) is 9.78 Å². The highest BCUT2D eigenvalue weighted by molar-refractivity contribution is 6.32. The van der Waals surface area contributed by atoms with Crippen molar-refractivity contribution in [2.24, 2.45) is 0 Å². The average molecular weight is 265 g/mol. The van der Waals surface area contributed by atoms with Crippen LogP contribution in [0.15, 0.2) is 30.5 Å². The van der Waals surface area contributed by atoms with Gasteiger partial charge in [0, 0.05) is 0 Å². The molecule has 0 saturated carbocycles. The number of aromatic nitrogens is 2. The van der Waals surface area contributed by atoms with Crippen LogP contribution >= 0.6 is 11.6 Å². The zero-order valence-corrected chi connectivity index (χ0v) is 10.7. The molecule has 2 aromatic rings. The molecule has 0 spiro atoms. The minimum Gasteiger partial charge on any atom is -0.478 e. The van der Waals surface area contributed by atoms with Gasteiger partial charge in [-0.2, -0.15) is 5.10 Å². The molecule has 0 amide bonds. The largest absolute Gasteiger partial charge is 0.478 e. The molecule has 1 N–H and O–H groups in total. The molecule has 0 unspecified atom stereocenters. The maximum Gasteiger partial charge on any atom is 0.339 e. The van der Waals surface area contributed by atoms with Crippen LogP contribution in [0.4, 0.5) is 0 Å². The Hall–Kier alpha value is -1.81. The summed E-state index contributed by atoms with van der Waals surface area (Å²) < 4.78 is 1.61. The van der Waals surface area contributed by atoms with E-state index in [4.69, 9.17) is 16.7 Å². The highest BCUT2D eigenvalue weighted by atomic mass is 35.5. The Kier molecular flexibility index (Phi) is 3.67. The van der Waals surface area contributed by atoms with Crippen LogP contribution in [-0.4, -0.2) is 20.9 Å². The van der Waals surface area contributed by atoms with Crippen LogP contribution in [0.3, 0.4) is 0 Å². The predicted molar refractivity (Wildman–Crippen MR) is 69.5 cm³/mol. The van der Waals surface area contributed by atoms with Gasteiger partial charge in [-0.15, -0.1) is 0 Å². The Morgan fingerprint density at radius 3 is 2.78 bits per heavy atom. The molecule has 0 aliphatic carbocycles. The molecule has 1 heterocycles. The van der Waals surface area contributed by atoms with Crippen molar-refractivity contribution in [2.75, 3.05) is 0 Å². The fourth-order valence-corrected chi connectivity index (χ4v) is 2.08. The van der Waals surface area contributed by atoms with E-state index < -0.39 is 5.97 Å². The number of carbonyl (C=O) groups is 1. The lowest BCUT2D eigenvalue weighted by molar-refractivity contribution is 0.0695. The van der Waals surface area contributed by atoms with Gasteiger partial charge in [-0.1, -0.05) is 37.1 Å². The van der Waals surface area contributed by atoms with E-state index in [0.717, 1.165) is 6.42 Å². The molecule has 18 heavy (non-hydrogen) atoms. The summed E-state index contributed by atoms with van der Waals surface area (Å²) in [5.74, 6) is -0.961.